The fourth-order valence-corrected chi connectivity index (χ4v) is 2.55. The molecule has 0 bridgehead atoms. The second-order valence-corrected chi connectivity index (χ2v) is 5.74. The fourth-order valence-electron chi connectivity index (χ4n) is 2.23. The van der Waals surface area contributed by atoms with Crippen molar-refractivity contribution in [1.29, 1.82) is 0 Å². The van der Waals surface area contributed by atoms with Crippen LogP contribution in [0, 0.1) is 0 Å². The molecule has 0 amide bonds. The summed E-state index contributed by atoms with van der Waals surface area (Å²) < 4.78 is 2.07. The Hall–Kier alpha value is -1.03. The van der Waals surface area contributed by atoms with Crippen LogP contribution in [0.4, 0.5) is 0 Å². The normalized spacial score (nSPS) is 16.6. The van der Waals surface area contributed by atoms with Crippen LogP contribution in [-0.4, -0.2) is 14.7 Å². The number of nitrogens with zero attached hydrogens (tertiary/aromatic N) is 2. The predicted molar refractivity (Wildman–Crippen MR) is 75.6 cm³/mol. The van der Waals surface area contributed by atoms with E-state index in [1.165, 1.54) is 12.8 Å². The number of aliphatic hydroxyl groups is 1. The van der Waals surface area contributed by atoms with E-state index in [0.29, 0.717) is 22.5 Å². The van der Waals surface area contributed by atoms with E-state index in [1.807, 2.05) is 6.07 Å². The minimum absolute atomic E-state index is 0.509. The van der Waals surface area contributed by atoms with E-state index in [0.717, 1.165) is 11.3 Å². The van der Waals surface area contributed by atoms with Crippen LogP contribution in [0.1, 0.15) is 36.2 Å². The number of aromatic nitrogens is 2. The number of benzene rings is 1. The molecule has 3 nitrogen and oxygen atoms in total. The molecule has 1 aromatic heterocycles. The van der Waals surface area contributed by atoms with Crippen molar-refractivity contribution in [1.82, 2.24) is 9.55 Å². The molecular weight excluding hydrogens is 283 g/mol. The maximum Gasteiger partial charge on any atom is 0.0996 e. The molecule has 1 unspecified atom stereocenters. The zero-order chi connectivity index (χ0) is 13.4. The van der Waals surface area contributed by atoms with Crippen molar-refractivity contribution >= 4 is 23.2 Å². The quantitative estimate of drug-likeness (QED) is 0.932. The molecule has 1 saturated carbocycles. The summed E-state index contributed by atoms with van der Waals surface area (Å²) in [5.41, 5.74) is 1.83. The van der Waals surface area contributed by atoms with Gasteiger partial charge in [-0.25, -0.2) is 4.98 Å². The van der Waals surface area contributed by atoms with Crippen LogP contribution in [0.3, 0.4) is 0 Å². The van der Waals surface area contributed by atoms with Crippen molar-refractivity contribution < 1.29 is 5.11 Å². The minimum Gasteiger partial charge on any atom is -0.386 e. The molecule has 100 valence electrons. The molecule has 2 aromatic rings. The van der Waals surface area contributed by atoms with Crippen LogP contribution in [0.15, 0.2) is 30.7 Å². The number of imidazole rings is 1. The smallest absolute Gasteiger partial charge is 0.0996 e. The van der Waals surface area contributed by atoms with Gasteiger partial charge >= 0.3 is 0 Å². The monoisotopic (exact) mass is 296 g/mol. The van der Waals surface area contributed by atoms with Gasteiger partial charge in [0.05, 0.1) is 34.4 Å². The highest BCUT2D eigenvalue weighted by Gasteiger charge is 2.27. The van der Waals surface area contributed by atoms with Crippen molar-refractivity contribution in [3.63, 3.8) is 0 Å². The van der Waals surface area contributed by atoms with Crippen LogP contribution >= 0.6 is 23.2 Å². The molecule has 1 aliphatic carbocycles. The standard InChI is InChI=1S/C14H14Cl2N2O/c15-11-4-1-9(5-12(11)16)6-14(19)13-7-17-8-18(13)10-2-3-10/h1,4-5,7-8,10,14,19H,2-3,6H2. The van der Waals surface area contributed by atoms with Crippen LogP contribution in [0.25, 0.3) is 0 Å². The van der Waals surface area contributed by atoms with Crippen molar-refractivity contribution in [3.8, 4) is 0 Å². The lowest BCUT2D eigenvalue weighted by atomic mass is 10.1. The Morgan fingerprint density at radius 1 is 1.32 bits per heavy atom. The second-order valence-electron chi connectivity index (χ2n) is 4.93. The van der Waals surface area contributed by atoms with E-state index in [4.69, 9.17) is 23.2 Å². The molecule has 0 saturated heterocycles. The third kappa shape index (κ3) is 2.78. The van der Waals surface area contributed by atoms with Gasteiger partial charge in [0.25, 0.3) is 0 Å². The summed E-state index contributed by atoms with van der Waals surface area (Å²) in [4.78, 5) is 4.13. The Bertz CT molecular complexity index is 593. The molecule has 1 aliphatic rings. The molecular formula is C14H14Cl2N2O. The zero-order valence-corrected chi connectivity index (χ0v) is 11.8. The summed E-state index contributed by atoms with van der Waals surface area (Å²) in [6, 6.07) is 5.95. The molecule has 0 radical (unpaired) electrons. The lowest BCUT2D eigenvalue weighted by molar-refractivity contribution is 0.168. The minimum atomic E-state index is -0.569. The van der Waals surface area contributed by atoms with E-state index in [2.05, 4.69) is 9.55 Å². The number of hydrogen-bond donors (Lipinski definition) is 1. The maximum absolute atomic E-state index is 10.3. The van der Waals surface area contributed by atoms with Gasteiger partial charge in [-0.05, 0) is 30.5 Å². The summed E-state index contributed by atoms with van der Waals surface area (Å²) in [5, 5.41) is 11.4. The van der Waals surface area contributed by atoms with Crippen molar-refractivity contribution in [2.45, 2.75) is 31.4 Å². The summed E-state index contributed by atoms with van der Waals surface area (Å²) >= 11 is 11.9. The Morgan fingerprint density at radius 2 is 2.11 bits per heavy atom. The Balaban J connectivity index is 1.78. The molecule has 19 heavy (non-hydrogen) atoms. The van der Waals surface area contributed by atoms with Crippen LogP contribution < -0.4 is 0 Å². The first-order chi connectivity index (χ1) is 9.15. The van der Waals surface area contributed by atoms with Crippen molar-refractivity contribution in [3.05, 3.63) is 52.0 Å². The van der Waals surface area contributed by atoms with E-state index >= 15 is 0 Å². The van der Waals surface area contributed by atoms with Gasteiger partial charge in [-0.15, -0.1) is 0 Å². The summed E-state index contributed by atoms with van der Waals surface area (Å²) in [7, 11) is 0. The molecule has 1 fully saturated rings. The fraction of sp³-hybridized carbons (Fsp3) is 0.357. The lowest BCUT2D eigenvalue weighted by Gasteiger charge is -2.13. The molecule has 1 heterocycles. The van der Waals surface area contributed by atoms with Crippen molar-refractivity contribution in [2.75, 3.05) is 0 Å². The molecule has 3 rings (SSSR count). The lowest BCUT2D eigenvalue weighted by Crippen LogP contribution is -2.08. The van der Waals surface area contributed by atoms with Gasteiger partial charge in [0.2, 0.25) is 0 Å². The summed E-state index contributed by atoms with van der Waals surface area (Å²) in [5.74, 6) is 0. The van der Waals surface area contributed by atoms with Gasteiger partial charge in [-0.3, -0.25) is 0 Å². The van der Waals surface area contributed by atoms with Gasteiger partial charge in [-0.2, -0.15) is 0 Å². The first-order valence-electron chi connectivity index (χ1n) is 6.29. The Morgan fingerprint density at radius 3 is 2.79 bits per heavy atom. The molecule has 5 heteroatoms. The maximum atomic E-state index is 10.3. The number of hydrogen-bond acceptors (Lipinski definition) is 2. The average molecular weight is 297 g/mol. The van der Waals surface area contributed by atoms with E-state index in [9.17, 15) is 5.11 Å². The number of rotatable bonds is 4. The molecule has 1 aromatic carbocycles. The highest BCUT2D eigenvalue weighted by atomic mass is 35.5. The molecule has 1 N–H and O–H groups in total. The Labute approximate surface area is 121 Å². The first kappa shape index (κ1) is 13.0. The van der Waals surface area contributed by atoms with Gasteiger partial charge in [0.15, 0.2) is 0 Å². The zero-order valence-electron chi connectivity index (χ0n) is 10.3. The van der Waals surface area contributed by atoms with Gasteiger partial charge < -0.3 is 9.67 Å². The first-order valence-corrected chi connectivity index (χ1v) is 7.04. The third-order valence-electron chi connectivity index (χ3n) is 3.39. The topological polar surface area (TPSA) is 38.1 Å². The van der Waals surface area contributed by atoms with E-state index in [-0.39, 0.29) is 0 Å². The third-order valence-corrected chi connectivity index (χ3v) is 4.13. The van der Waals surface area contributed by atoms with Gasteiger partial charge in [-0.1, -0.05) is 29.3 Å². The average Bonchev–Trinajstić information content (AvgIpc) is 3.11. The SMILES string of the molecule is OC(Cc1ccc(Cl)c(Cl)c1)c1cncn1C1CC1. The van der Waals surface area contributed by atoms with Gasteiger partial charge in [0.1, 0.15) is 0 Å². The predicted octanol–water partition coefficient (Wildman–Crippen LogP) is 3.80. The highest BCUT2D eigenvalue weighted by Crippen LogP contribution is 2.37. The van der Waals surface area contributed by atoms with Gasteiger partial charge in [0, 0.05) is 12.5 Å². The number of aliphatic hydroxyl groups excluding tert-OH is 1. The summed E-state index contributed by atoms with van der Waals surface area (Å²) in [6.07, 6.45) is 5.81. The molecule has 0 aliphatic heterocycles. The highest BCUT2D eigenvalue weighted by molar-refractivity contribution is 6.42. The van der Waals surface area contributed by atoms with E-state index in [1.54, 1.807) is 24.7 Å². The van der Waals surface area contributed by atoms with E-state index < -0.39 is 6.10 Å². The van der Waals surface area contributed by atoms with Crippen LogP contribution in [0.2, 0.25) is 10.0 Å². The van der Waals surface area contributed by atoms with Crippen LogP contribution in [0.5, 0.6) is 0 Å². The number of halogens is 2. The molecule has 0 spiro atoms. The largest absolute Gasteiger partial charge is 0.386 e. The van der Waals surface area contributed by atoms with Crippen LogP contribution in [-0.2, 0) is 6.42 Å². The Kier molecular flexibility index (Phi) is 3.52. The second kappa shape index (κ2) is 5.16. The summed E-state index contributed by atoms with van der Waals surface area (Å²) in [6.45, 7) is 0. The molecule has 1 atom stereocenters. The van der Waals surface area contributed by atoms with Crippen molar-refractivity contribution in [2.24, 2.45) is 0 Å².